The molecule has 0 unspecified atom stereocenters. The molecule has 0 atom stereocenters. The third-order valence-electron chi connectivity index (χ3n) is 6.75. The van der Waals surface area contributed by atoms with Gasteiger partial charge in [0.2, 0.25) is 5.71 Å². The van der Waals surface area contributed by atoms with E-state index in [2.05, 4.69) is 29.2 Å². The van der Waals surface area contributed by atoms with Crippen LogP contribution in [0.4, 0.5) is 0 Å². The van der Waals surface area contributed by atoms with E-state index in [0.29, 0.717) is 11.6 Å². The molecule has 5 aromatic rings. The van der Waals surface area contributed by atoms with E-state index in [4.69, 9.17) is 25.1 Å². The lowest BCUT2D eigenvalue weighted by Crippen LogP contribution is -2.35. The summed E-state index contributed by atoms with van der Waals surface area (Å²) in [5, 5.41) is 2.34. The van der Waals surface area contributed by atoms with E-state index >= 15 is 0 Å². The molecule has 3 aromatic heterocycles. The molecule has 4 radical (unpaired) electrons. The van der Waals surface area contributed by atoms with E-state index in [1.165, 1.54) is 12.8 Å². The molecular weight excluding hydrogens is 378 g/mol. The van der Waals surface area contributed by atoms with Gasteiger partial charge in [0, 0.05) is 27.9 Å². The van der Waals surface area contributed by atoms with Gasteiger partial charge in [0.1, 0.15) is 5.58 Å². The lowest BCUT2D eigenvalue weighted by Gasteiger charge is -2.33. The highest BCUT2D eigenvalue weighted by atomic mass is 16.3. The quantitative estimate of drug-likeness (QED) is 0.357. The second-order valence-corrected chi connectivity index (χ2v) is 8.69. The number of fused-ring (bicyclic) bond motifs is 4. The third-order valence-corrected chi connectivity index (χ3v) is 6.75. The molecule has 0 amide bonds. The fourth-order valence-corrected chi connectivity index (χ4v) is 4.96. The van der Waals surface area contributed by atoms with E-state index in [1.54, 1.807) is 6.20 Å². The molecule has 31 heavy (non-hydrogen) atoms. The van der Waals surface area contributed by atoms with Crippen molar-refractivity contribution in [3.8, 4) is 11.3 Å². The average molecular weight is 398 g/mol. The smallest absolute Gasteiger partial charge is 0.227 e. The maximum atomic E-state index is 6.60. The van der Waals surface area contributed by atoms with Crippen LogP contribution in [0.15, 0.2) is 71.3 Å². The van der Waals surface area contributed by atoms with Crippen LogP contribution < -0.4 is 0 Å². The highest BCUT2D eigenvalue weighted by Gasteiger charge is 2.32. The van der Waals surface area contributed by atoms with Crippen LogP contribution in [-0.4, -0.2) is 25.7 Å². The summed E-state index contributed by atoms with van der Waals surface area (Å²) >= 11 is 0. The number of furan rings is 1. The number of para-hydroxylation sites is 1. The van der Waals surface area contributed by atoms with Gasteiger partial charge < -0.3 is 4.42 Å². The van der Waals surface area contributed by atoms with Gasteiger partial charge in [0.05, 0.1) is 26.9 Å². The van der Waals surface area contributed by atoms with Crippen molar-refractivity contribution in [2.75, 3.05) is 0 Å². The van der Waals surface area contributed by atoms with Crippen LogP contribution in [0.3, 0.4) is 0 Å². The largest absolute Gasteiger partial charge is 0.438 e. The summed E-state index contributed by atoms with van der Waals surface area (Å²) < 4.78 is 6.11. The average Bonchev–Trinajstić information content (AvgIpc) is 3.46. The van der Waals surface area contributed by atoms with Crippen LogP contribution in [0.1, 0.15) is 31.2 Å². The number of benzene rings is 2. The Hall–Kier alpha value is -3.07. The standard InChI is InChI=1S/C26H20B2N2O/c27-26(28,18-6-2-3-7-18)19-11-12-29-23(15-19)17-9-10-20-21-13-16-5-1-4-8-22(16)30-25(21)31-24(20)14-17/h1,4-5,8-15,18H,2-3,6-7H2. The molecule has 1 fully saturated rings. The molecule has 1 aliphatic rings. The zero-order valence-corrected chi connectivity index (χ0v) is 17.2. The summed E-state index contributed by atoms with van der Waals surface area (Å²) in [6.45, 7) is 0. The van der Waals surface area contributed by atoms with Crippen molar-refractivity contribution < 1.29 is 4.42 Å². The number of rotatable bonds is 3. The molecule has 1 saturated carbocycles. The summed E-state index contributed by atoms with van der Waals surface area (Å²) in [5.74, 6) is 0.306. The molecule has 3 nitrogen and oxygen atoms in total. The van der Waals surface area contributed by atoms with E-state index in [9.17, 15) is 0 Å². The van der Waals surface area contributed by atoms with Gasteiger partial charge in [0.25, 0.3) is 0 Å². The predicted molar refractivity (Wildman–Crippen MR) is 127 cm³/mol. The molecular formula is C26H20B2N2O. The first-order chi connectivity index (χ1) is 15.1. The molecule has 0 saturated heterocycles. The maximum Gasteiger partial charge on any atom is 0.227 e. The number of nitrogens with zero attached hydrogens (tertiary/aromatic N) is 2. The lowest BCUT2D eigenvalue weighted by atomic mass is 9.45. The summed E-state index contributed by atoms with van der Waals surface area (Å²) in [5.41, 5.74) is 5.12. The molecule has 0 spiro atoms. The Morgan fingerprint density at radius 1 is 0.903 bits per heavy atom. The SMILES string of the molecule is [B]C([B])(c1ccnc(-c2ccc3c(c2)oc2nc4ccccc4cc23)c1)C1CCCC1. The Labute approximate surface area is 183 Å². The summed E-state index contributed by atoms with van der Waals surface area (Å²) in [4.78, 5) is 9.28. The predicted octanol–water partition coefficient (Wildman–Crippen LogP) is 5.88. The minimum atomic E-state index is -0.832. The van der Waals surface area contributed by atoms with Gasteiger partial charge in [-0.3, -0.25) is 4.98 Å². The summed E-state index contributed by atoms with van der Waals surface area (Å²) in [6.07, 6.45) is 6.36. The summed E-state index contributed by atoms with van der Waals surface area (Å²) in [7, 11) is 13.2. The number of hydrogen-bond donors (Lipinski definition) is 0. The van der Waals surface area contributed by atoms with Crippen molar-refractivity contribution in [3.63, 3.8) is 0 Å². The monoisotopic (exact) mass is 398 g/mol. The molecule has 3 heterocycles. The Kier molecular flexibility index (Phi) is 4.21. The zero-order valence-electron chi connectivity index (χ0n) is 17.2. The minimum Gasteiger partial charge on any atom is -0.438 e. The molecule has 6 rings (SSSR count). The van der Waals surface area contributed by atoms with Gasteiger partial charge in [-0.1, -0.05) is 60.7 Å². The normalized spacial score (nSPS) is 15.4. The first kappa shape index (κ1) is 18.7. The second-order valence-electron chi connectivity index (χ2n) is 8.69. The van der Waals surface area contributed by atoms with Gasteiger partial charge in [-0.15, -0.1) is 0 Å². The summed E-state index contributed by atoms with van der Waals surface area (Å²) in [6, 6.07) is 20.4. The molecule has 0 aliphatic heterocycles. The van der Waals surface area contributed by atoms with Crippen LogP contribution in [-0.2, 0) is 5.21 Å². The first-order valence-corrected chi connectivity index (χ1v) is 10.9. The Morgan fingerprint density at radius 2 is 1.74 bits per heavy atom. The minimum absolute atomic E-state index is 0.306. The van der Waals surface area contributed by atoms with Crippen molar-refractivity contribution in [1.82, 2.24) is 9.97 Å². The van der Waals surface area contributed by atoms with Crippen LogP contribution >= 0.6 is 0 Å². The van der Waals surface area contributed by atoms with E-state index in [1.807, 2.05) is 36.4 Å². The lowest BCUT2D eigenvalue weighted by molar-refractivity contribution is 0.486. The van der Waals surface area contributed by atoms with Gasteiger partial charge in [-0.25, -0.2) is 4.98 Å². The van der Waals surface area contributed by atoms with Gasteiger partial charge in [0.15, 0.2) is 0 Å². The van der Waals surface area contributed by atoms with E-state index < -0.39 is 5.21 Å². The van der Waals surface area contributed by atoms with Crippen molar-refractivity contribution in [2.45, 2.75) is 30.9 Å². The van der Waals surface area contributed by atoms with E-state index in [-0.39, 0.29) is 0 Å². The van der Waals surface area contributed by atoms with E-state index in [0.717, 1.165) is 56.9 Å². The van der Waals surface area contributed by atoms with Crippen LogP contribution in [0.2, 0.25) is 0 Å². The van der Waals surface area contributed by atoms with Gasteiger partial charge in [-0.05, 0) is 42.3 Å². The molecule has 0 bridgehead atoms. The molecule has 0 N–H and O–H groups in total. The van der Waals surface area contributed by atoms with Gasteiger partial charge in [-0.2, -0.15) is 0 Å². The number of hydrogen-bond acceptors (Lipinski definition) is 3. The molecule has 146 valence electrons. The molecule has 1 aliphatic carbocycles. The first-order valence-electron chi connectivity index (χ1n) is 10.9. The fraction of sp³-hybridized carbons (Fsp3) is 0.231. The number of aromatic nitrogens is 2. The number of pyridine rings is 2. The van der Waals surface area contributed by atoms with Gasteiger partial charge >= 0.3 is 0 Å². The van der Waals surface area contributed by atoms with Crippen LogP contribution in [0.5, 0.6) is 0 Å². The van der Waals surface area contributed by atoms with Crippen molar-refractivity contribution in [3.05, 3.63) is 72.4 Å². The Balaban J connectivity index is 1.44. The van der Waals surface area contributed by atoms with Crippen molar-refractivity contribution >= 4 is 48.7 Å². The topological polar surface area (TPSA) is 38.9 Å². The van der Waals surface area contributed by atoms with Crippen molar-refractivity contribution in [1.29, 1.82) is 0 Å². The van der Waals surface area contributed by atoms with Crippen molar-refractivity contribution in [2.24, 2.45) is 5.92 Å². The third kappa shape index (κ3) is 3.06. The molecule has 5 heteroatoms. The molecule has 2 aromatic carbocycles. The Bertz CT molecular complexity index is 1430. The second kappa shape index (κ2) is 6.98. The maximum absolute atomic E-state index is 6.60. The Morgan fingerprint density at radius 3 is 2.61 bits per heavy atom. The van der Waals surface area contributed by atoms with Crippen LogP contribution in [0.25, 0.3) is 44.2 Å². The highest BCUT2D eigenvalue weighted by Crippen LogP contribution is 2.39. The van der Waals surface area contributed by atoms with Crippen LogP contribution in [0, 0.1) is 5.92 Å². The fourth-order valence-electron chi connectivity index (χ4n) is 4.96. The zero-order chi connectivity index (χ0) is 21.0. The highest BCUT2D eigenvalue weighted by molar-refractivity contribution is 6.40.